The third-order valence-electron chi connectivity index (χ3n) is 8.18. The molecule has 1 aliphatic carbocycles. The van der Waals surface area contributed by atoms with Crippen LogP contribution in [0.3, 0.4) is 0 Å². The fourth-order valence-corrected chi connectivity index (χ4v) is 7.00. The summed E-state index contributed by atoms with van der Waals surface area (Å²) in [6, 6.07) is 2.67. The van der Waals surface area contributed by atoms with E-state index in [4.69, 9.17) is 9.84 Å². The molecular weight excluding hydrogens is 462 g/mol. The summed E-state index contributed by atoms with van der Waals surface area (Å²) in [5.74, 6) is 0.999. The van der Waals surface area contributed by atoms with Gasteiger partial charge in [-0.2, -0.15) is 5.10 Å². The van der Waals surface area contributed by atoms with Crippen LogP contribution in [0.25, 0.3) is 10.2 Å². The van der Waals surface area contributed by atoms with Gasteiger partial charge in [0.25, 0.3) is 5.91 Å². The number of ether oxygens (including phenoxy) is 1. The SMILES string of the molecule is CC(=O)N1CCN(CC[C@H]2CC[C@H](NC(=O)c3cc4c(C)nn(C5CCOCC5)c4s3)CC2)CC1. The molecule has 4 heterocycles. The molecule has 3 aliphatic rings. The minimum absolute atomic E-state index is 0.0657. The predicted molar refractivity (Wildman–Crippen MR) is 138 cm³/mol. The summed E-state index contributed by atoms with van der Waals surface area (Å²) in [6.07, 6.45) is 7.67. The molecule has 2 amide bonds. The van der Waals surface area contributed by atoms with Crippen LogP contribution < -0.4 is 5.32 Å². The molecule has 0 aromatic carbocycles. The highest BCUT2D eigenvalue weighted by Gasteiger charge is 2.27. The smallest absolute Gasteiger partial charge is 0.261 e. The van der Waals surface area contributed by atoms with Gasteiger partial charge < -0.3 is 15.0 Å². The number of nitrogens with one attached hydrogen (secondary N) is 1. The Bertz CT molecular complexity index is 1030. The third kappa shape index (κ3) is 5.73. The van der Waals surface area contributed by atoms with Crippen LogP contribution in [0.15, 0.2) is 6.07 Å². The van der Waals surface area contributed by atoms with Gasteiger partial charge in [0, 0.05) is 57.7 Å². The predicted octanol–water partition coefficient (Wildman–Crippen LogP) is 3.60. The number of amides is 2. The number of carbonyl (C=O) groups is 2. The minimum Gasteiger partial charge on any atom is -0.381 e. The molecule has 0 spiro atoms. The lowest BCUT2D eigenvalue weighted by atomic mass is 9.84. The topological polar surface area (TPSA) is 79.7 Å². The molecule has 8 nitrogen and oxygen atoms in total. The van der Waals surface area contributed by atoms with Crippen molar-refractivity contribution in [1.82, 2.24) is 24.9 Å². The number of hydrogen-bond acceptors (Lipinski definition) is 6. The molecule has 9 heteroatoms. The van der Waals surface area contributed by atoms with Gasteiger partial charge in [0.1, 0.15) is 4.83 Å². The standard InChI is InChI=1S/C26H39N5O3S/c1-18-23-17-24(35-26(23)31(28-18)22-8-15-34-16-9-22)25(33)27-21-5-3-20(4-6-21)7-10-29-11-13-30(14-12-29)19(2)32/h17,20-22H,3-16H2,1-2H3,(H,27,33)/t20-,21-. The van der Waals surface area contributed by atoms with Crippen LogP contribution in [0, 0.1) is 12.8 Å². The van der Waals surface area contributed by atoms with Gasteiger partial charge in [0.05, 0.1) is 16.6 Å². The Hall–Kier alpha value is -1.97. The zero-order chi connectivity index (χ0) is 24.4. The largest absolute Gasteiger partial charge is 0.381 e. The van der Waals surface area contributed by atoms with E-state index in [1.54, 1.807) is 18.3 Å². The normalized spacial score (nSPS) is 24.7. The van der Waals surface area contributed by atoms with E-state index in [0.717, 1.165) is 98.3 Å². The second-order valence-corrected chi connectivity index (χ2v) is 11.6. The van der Waals surface area contributed by atoms with Gasteiger partial charge in [-0.05, 0) is 70.4 Å². The first-order valence-electron chi connectivity index (χ1n) is 13.3. The maximum absolute atomic E-state index is 13.1. The lowest BCUT2D eigenvalue weighted by Crippen LogP contribution is -2.48. The quantitative estimate of drug-likeness (QED) is 0.654. The second-order valence-electron chi connectivity index (χ2n) is 10.5. The van der Waals surface area contributed by atoms with Crippen LogP contribution in [-0.2, 0) is 9.53 Å². The maximum Gasteiger partial charge on any atom is 0.261 e. The molecule has 192 valence electrons. The molecule has 2 aliphatic heterocycles. The third-order valence-corrected chi connectivity index (χ3v) is 9.31. The van der Waals surface area contributed by atoms with Crippen molar-refractivity contribution >= 4 is 33.4 Å². The highest BCUT2D eigenvalue weighted by atomic mass is 32.1. The highest BCUT2D eigenvalue weighted by molar-refractivity contribution is 7.20. The van der Waals surface area contributed by atoms with Crippen LogP contribution in [0.5, 0.6) is 0 Å². The summed E-state index contributed by atoms with van der Waals surface area (Å²) < 4.78 is 7.65. The van der Waals surface area contributed by atoms with E-state index in [1.807, 2.05) is 17.9 Å². The van der Waals surface area contributed by atoms with Crippen molar-refractivity contribution in [2.45, 2.75) is 70.9 Å². The Morgan fingerprint density at radius 2 is 1.80 bits per heavy atom. The van der Waals surface area contributed by atoms with Crippen molar-refractivity contribution in [1.29, 1.82) is 0 Å². The van der Waals surface area contributed by atoms with Gasteiger partial charge in [-0.25, -0.2) is 0 Å². The Kier molecular flexibility index (Phi) is 7.74. The molecule has 35 heavy (non-hydrogen) atoms. The Labute approximate surface area is 212 Å². The number of piperazine rings is 1. The first kappa shape index (κ1) is 24.7. The van der Waals surface area contributed by atoms with Crippen molar-refractivity contribution in [3.63, 3.8) is 0 Å². The molecule has 1 saturated carbocycles. The number of hydrogen-bond donors (Lipinski definition) is 1. The van der Waals surface area contributed by atoms with Crippen LogP contribution in [-0.4, -0.2) is 83.4 Å². The molecule has 3 fully saturated rings. The van der Waals surface area contributed by atoms with E-state index in [2.05, 4.69) is 14.9 Å². The minimum atomic E-state index is 0.0657. The number of fused-ring (bicyclic) bond motifs is 1. The monoisotopic (exact) mass is 501 g/mol. The summed E-state index contributed by atoms with van der Waals surface area (Å²) in [7, 11) is 0. The molecule has 2 aromatic heterocycles. The van der Waals surface area contributed by atoms with E-state index in [0.29, 0.717) is 6.04 Å². The number of rotatable bonds is 6. The summed E-state index contributed by atoms with van der Waals surface area (Å²) in [6.45, 7) is 10.1. The lowest BCUT2D eigenvalue weighted by Gasteiger charge is -2.35. The van der Waals surface area contributed by atoms with Crippen molar-refractivity contribution in [3.8, 4) is 0 Å². The second kappa shape index (κ2) is 11.0. The Morgan fingerprint density at radius 1 is 1.09 bits per heavy atom. The number of carbonyl (C=O) groups excluding carboxylic acids is 2. The fraction of sp³-hybridized carbons (Fsp3) is 0.731. The lowest BCUT2D eigenvalue weighted by molar-refractivity contribution is -0.130. The number of nitrogens with zero attached hydrogens (tertiary/aromatic N) is 4. The zero-order valence-electron chi connectivity index (χ0n) is 21.1. The van der Waals surface area contributed by atoms with E-state index < -0.39 is 0 Å². The van der Waals surface area contributed by atoms with Gasteiger partial charge in [-0.15, -0.1) is 11.3 Å². The maximum atomic E-state index is 13.1. The fourth-order valence-electron chi connectivity index (χ4n) is 5.86. The first-order valence-corrected chi connectivity index (χ1v) is 14.1. The van der Waals surface area contributed by atoms with E-state index in [1.165, 1.54) is 19.3 Å². The Morgan fingerprint density at radius 3 is 2.49 bits per heavy atom. The summed E-state index contributed by atoms with van der Waals surface area (Å²) in [5.41, 5.74) is 1.00. The van der Waals surface area contributed by atoms with Crippen molar-refractivity contribution in [2.75, 3.05) is 45.9 Å². The number of aromatic nitrogens is 2. The molecular formula is C26H39N5O3S. The zero-order valence-corrected chi connectivity index (χ0v) is 21.9. The average Bonchev–Trinajstić information content (AvgIpc) is 3.45. The highest BCUT2D eigenvalue weighted by Crippen LogP contribution is 2.34. The van der Waals surface area contributed by atoms with E-state index in [9.17, 15) is 9.59 Å². The Balaban J connectivity index is 1.09. The molecule has 0 bridgehead atoms. The van der Waals surface area contributed by atoms with Crippen LogP contribution in [0.1, 0.15) is 73.3 Å². The van der Waals surface area contributed by atoms with Crippen molar-refractivity contribution in [2.24, 2.45) is 5.92 Å². The molecule has 0 unspecified atom stereocenters. The average molecular weight is 502 g/mol. The molecule has 0 atom stereocenters. The van der Waals surface area contributed by atoms with Crippen LogP contribution in [0.2, 0.25) is 0 Å². The van der Waals surface area contributed by atoms with Crippen molar-refractivity contribution < 1.29 is 14.3 Å². The van der Waals surface area contributed by atoms with Crippen LogP contribution in [0.4, 0.5) is 0 Å². The van der Waals surface area contributed by atoms with Crippen LogP contribution >= 0.6 is 11.3 Å². The molecule has 2 saturated heterocycles. The van der Waals surface area contributed by atoms with Gasteiger partial charge in [-0.3, -0.25) is 19.2 Å². The first-order chi connectivity index (χ1) is 17.0. The van der Waals surface area contributed by atoms with Gasteiger partial charge in [0.2, 0.25) is 5.91 Å². The van der Waals surface area contributed by atoms with Gasteiger partial charge in [-0.1, -0.05) is 0 Å². The van der Waals surface area contributed by atoms with Gasteiger partial charge >= 0.3 is 0 Å². The van der Waals surface area contributed by atoms with E-state index in [-0.39, 0.29) is 17.9 Å². The summed E-state index contributed by atoms with van der Waals surface area (Å²) >= 11 is 1.58. The number of thiophene rings is 1. The molecule has 5 rings (SSSR count). The number of aryl methyl sites for hydroxylation is 1. The summed E-state index contributed by atoms with van der Waals surface area (Å²) in [4.78, 5) is 31.0. The summed E-state index contributed by atoms with van der Waals surface area (Å²) in [5, 5.41) is 9.21. The van der Waals surface area contributed by atoms with Crippen molar-refractivity contribution in [3.05, 3.63) is 16.6 Å². The van der Waals surface area contributed by atoms with E-state index >= 15 is 0 Å². The molecule has 2 aromatic rings. The molecule has 1 N–H and O–H groups in total. The molecule has 0 radical (unpaired) electrons. The van der Waals surface area contributed by atoms with Gasteiger partial charge in [0.15, 0.2) is 0 Å².